The number of rotatable bonds is 9. The van der Waals surface area contributed by atoms with Gasteiger partial charge in [-0.3, -0.25) is 4.79 Å². The lowest BCUT2D eigenvalue weighted by molar-refractivity contribution is -0.138. The zero-order chi connectivity index (χ0) is 22.0. The molecule has 0 aliphatic heterocycles. The Morgan fingerprint density at radius 2 is 2.00 bits per heavy atom. The number of nitrogens with zero attached hydrogens (tertiary/aromatic N) is 2. The van der Waals surface area contributed by atoms with Crippen LogP contribution in [-0.4, -0.2) is 57.7 Å². The lowest BCUT2D eigenvalue weighted by atomic mass is 9.84. The number of carbonyl (C=O) groups is 1. The fraction of sp³-hybridized carbons (Fsp3) is 0.565. The largest absolute Gasteiger partial charge is 0.493 e. The molecule has 164 valence electrons. The second-order valence-electron chi connectivity index (χ2n) is 7.71. The number of hydrogen-bond acceptors (Lipinski definition) is 4. The van der Waals surface area contributed by atoms with Crippen LogP contribution in [0.25, 0.3) is 0 Å². The molecule has 0 bridgehead atoms. The van der Waals surface area contributed by atoms with Crippen molar-refractivity contribution in [3.8, 4) is 23.8 Å². The second kappa shape index (κ2) is 11.3. The Labute approximate surface area is 180 Å². The summed E-state index contributed by atoms with van der Waals surface area (Å²) in [5.74, 6) is 4.57. The third-order valence-electron chi connectivity index (χ3n) is 5.32. The fourth-order valence-corrected chi connectivity index (χ4v) is 3.81. The molecule has 7 nitrogen and oxygen atoms in total. The monoisotopic (exact) mass is 414 g/mol. The summed E-state index contributed by atoms with van der Waals surface area (Å²) in [5.41, 5.74) is 0.621. The minimum Gasteiger partial charge on any atom is -0.493 e. The van der Waals surface area contributed by atoms with Gasteiger partial charge in [0.15, 0.2) is 17.5 Å². The molecule has 1 amide bonds. The van der Waals surface area contributed by atoms with Crippen molar-refractivity contribution in [2.24, 2.45) is 10.4 Å². The molecule has 30 heavy (non-hydrogen) atoms. The molecule has 1 fully saturated rings. The summed E-state index contributed by atoms with van der Waals surface area (Å²) >= 11 is 0. The molecule has 0 heterocycles. The molecule has 1 aliphatic rings. The van der Waals surface area contributed by atoms with E-state index in [0.717, 1.165) is 37.8 Å². The van der Waals surface area contributed by atoms with Crippen LogP contribution in [0, 0.1) is 17.8 Å². The summed E-state index contributed by atoms with van der Waals surface area (Å²) in [4.78, 5) is 19.2. The molecular weight excluding hydrogens is 380 g/mol. The Balaban J connectivity index is 2.10. The van der Waals surface area contributed by atoms with Crippen molar-refractivity contribution >= 4 is 11.9 Å². The van der Waals surface area contributed by atoms with Crippen LogP contribution < -0.4 is 20.1 Å². The normalized spacial score (nSPS) is 15.2. The van der Waals surface area contributed by atoms with Crippen LogP contribution in [0.3, 0.4) is 0 Å². The van der Waals surface area contributed by atoms with Crippen LogP contribution in [0.1, 0.15) is 38.2 Å². The Kier molecular flexibility index (Phi) is 8.85. The number of carbonyl (C=O) groups excluding carboxylic acids is 1. The van der Waals surface area contributed by atoms with Gasteiger partial charge in [0.1, 0.15) is 6.61 Å². The summed E-state index contributed by atoms with van der Waals surface area (Å²) in [6, 6.07) is 5.68. The summed E-state index contributed by atoms with van der Waals surface area (Å²) in [7, 11) is 5.24. The first kappa shape index (κ1) is 23.4. The first-order valence-corrected chi connectivity index (χ1v) is 10.4. The average Bonchev–Trinajstić information content (AvgIpc) is 3.23. The van der Waals surface area contributed by atoms with Gasteiger partial charge in [0.05, 0.1) is 19.1 Å². The van der Waals surface area contributed by atoms with Crippen molar-refractivity contribution in [3.05, 3.63) is 23.8 Å². The number of aliphatic imine (C=N–C) groups is 1. The SMILES string of the molecule is C#CCOc1cc(CN=C(NCC)NCC2(C(=O)N(C)C)CCCC2)ccc1OC. The van der Waals surface area contributed by atoms with Gasteiger partial charge < -0.3 is 25.0 Å². The zero-order valence-electron chi connectivity index (χ0n) is 18.6. The van der Waals surface area contributed by atoms with Crippen LogP contribution in [0.4, 0.5) is 0 Å². The van der Waals surface area contributed by atoms with Crippen LogP contribution >= 0.6 is 0 Å². The fourth-order valence-electron chi connectivity index (χ4n) is 3.81. The van der Waals surface area contributed by atoms with E-state index >= 15 is 0 Å². The van der Waals surface area contributed by atoms with E-state index in [1.807, 2.05) is 39.2 Å². The highest BCUT2D eigenvalue weighted by Gasteiger charge is 2.42. The lowest BCUT2D eigenvalue weighted by Crippen LogP contribution is -2.49. The summed E-state index contributed by atoms with van der Waals surface area (Å²) in [6.07, 6.45) is 9.28. The van der Waals surface area contributed by atoms with Crippen molar-refractivity contribution in [2.45, 2.75) is 39.2 Å². The van der Waals surface area contributed by atoms with Crippen LogP contribution in [0.2, 0.25) is 0 Å². The van der Waals surface area contributed by atoms with E-state index in [0.29, 0.717) is 30.5 Å². The third-order valence-corrected chi connectivity index (χ3v) is 5.32. The minimum atomic E-state index is -0.351. The predicted molar refractivity (Wildman–Crippen MR) is 120 cm³/mol. The molecule has 1 saturated carbocycles. The number of methoxy groups -OCH3 is 1. The van der Waals surface area contributed by atoms with Gasteiger partial charge in [-0.1, -0.05) is 24.8 Å². The second-order valence-corrected chi connectivity index (χ2v) is 7.71. The highest BCUT2D eigenvalue weighted by atomic mass is 16.5. The average molecular weight is 415 g/mol. The van der Waals surface area contributed by atoms with E-state index in [4.69, 9.17) is 15.9 Å². The Bertz CT molecular complexity index is 777. The number of nitrogens with one attached hydrogen (secondary N) is 2. The van der Waals surface area contributed by atoms with Gasteiger partial charge in [-0.25, -0.2) is 4.99 Å². The van der Waals surface area contributed by atoms with Gasteiger partial charge in [-0.05, 0) is 37.5 Å². The Morgan fingerprint density at radius 3 is 2.60 bits per heavy atom. The molecule has 2 N–H and O–H groups in total. The van der Waals surface area contributed by atoms with Crippen molar-refractivity contribution < 1.29 is 14.3 Å². The number of terminal acetylenes is 1. The standard InChI is InChI=1S/C23H34N4O3/c1-6-14-30-20-15-18(10-11-19(20)29-5)16-25-22(24-7-2)26-17-23(12-8-9-13-23)21(28)27(3)4/h1,10-11,15H,7-9,12-14,16-17H2,2-5H3,(H2,24,25,26). The smallest absolute Gasteiger partial charge is 0.230 e. The summed E-state index contributed by atoms with van der Waals surface area (Å²) < 4.78 is 10.9. The highest BCUT2D eigenvalue weighted by molar-refractivity contribution is 5.85. The topological polar surface area (TPSA) is 75.2 Å². The van der Waals surface area contributed by atoms with E-state index in [-0.39, 0.29) is 17.9 Å². The van der Waals surface area contributed by atoms with E-state index in [9.17, 15) is 4.79 Å². The molecule has 7 heteroatoms. The van der Waals surface area contributed by atoms with Gasteiger partial charge in [0.2, 0.25) is 5.91 Å². The summed E-state index contributed by atoms with van der Waals surface area (Å²) in [5, 5.41) is 6.66. The molecule has 1 aromatic carbocycles. The molecular formula is C23H34N4O3. The Hall–Kier alpha value is -2.88. The zero-order valence-corrected chi connectivity index (χ0v) is 18.6. The molecule has 0 unspecified atom stereocenters. The summed E-state index contributed by atoms with van der Waals surface area (Å²) in [6.45, 7) is 3.97. The number of hydrogen-bond donors (Lipinski definition) is 2. The molecule has 0 spiro atoms. The van der Waals surface area contributed by atoms with Gasteiger partial charge in [-0.2, -0.15) is 0 Å². The van der Waals surface area contributed by atoms with Crippen LogP contribution in [0.5, 0.6) is 11.5 Å². The molecule has 0 atom stereocenters. The number of guanidine groups is 1. The quantitative estimate of drug-likeness (QED) is 0.369. The number of benzene rings is 1. The molecule has 1 aromatic rings. The maximum Gasteiger partial charge on any atom is 0.230 e. The highest BCUT2D eigenvalue weighted by Crippen LogP contribution is 2.38. The molecule has 1 aliphatic carbocycles. The van der Waals surface area contributed by atoms with Crippen molar-refractivity contribution in [3.63, 3.8) is 0 Å². The maximum absolute atomic E-state index is 12.8. The van der Waals surface area contributed by atoms with E-state index in [2.05, 4.69) is 21.5 Å². The number of ether oxygens (including phenoxy) is 2. The van der Waals surface area contributed by atoms with E-state index in [1.165, 1.54) is 0 Å². The first-order chi connectivity index (χ1) is 14.5. The van der Waals surface area contributed by atoms with Crippen molar-refractivity contribution in [1.29, 1.82) is 0 Å². The van der Waals surface area contributed by atoms with E-state index < -0.39 is 0 Å². The Morgan fingerprint density at radius 1 is 1.27 bits per heavy atom. The lowest BCUT2D eigenvalue weighted by Gasteiger charge is -2.31. The third kappa shape index (κ3) is 6.06. The number of amides is 1. The maximum atomic E-state index is 12.8. The van der Waals surface area contributed by atoms with Crippen LogP contribution in [-0.2, 0) is 11.3 Å². The van der Waals surface area contributed by atoms with Crippen molar-refractivity contribution in [2.75, 3.05) is 40.9 Å². The molecule has 0 radical (unpaired) electrons. The van der Waals surface area contributed by atoms with Gasteiger partial charge in [-0.15, -0.1) is 6.42 Å². The van der Waals surface area contributed by atoms with Gasteiger partial charge in [0, 0.05) is 27.2 Å². The van der Waals surface area contributed by atoms with E-state index in [1.54, 1.807) is 12.0 Å². The predicted octanol–water partition coefficient (Wildman–Crippen LogP) is 2.41. The van der Waals surface area contributed by atoms with Gasteiger partial charge >= 0.3 is 0 Å². The van der Waals surface area contributed by atoms with Crippen molar-refractivity contribution in [1.82, 2.24) is 15.5 Å². The molecule has 0 aromatic heterocycles. The molecule has 0 saturated heterocycles. The van der Waals surface area contributed by atoms with Crippen LogP contribution in [0.15, 0.2) is 23.2 Å². The minimum absolute atomic E-state index is 0.176. The molecule has 2 rings (SSSR count). The van der Waals surface area contributed by atoms with Gasteiger partial charge in [0.25, 0.3) is 0 Å². The first-order valence-electron chi connectivity index (χ1n) is 10.4.